The van der Waals surface area contributed by atoms with Gasteiger partial charge in [-0.3, -0.25) is 4.79 Å². The average Bonchev–Trinajstić information content (AvgIpc) is 3.42. The predicted molar refractivity (Wildman–Crippen MR) is 110 cm³/mol. The van der Waals surface area contributed by atoms with Gasteiger partial charge in [-0.05, 0) is 50.9 Å². The highest BCUT2D eigenvalue weighted by Crippen LogP contribution is 2.24. The summed E-state index contributed by atoms with van der Waals surface area (Å²) in [5, 5.41) is 14.5. The van der Waals surface area contributed by atoms with Gasteiger partial charge < -0.3 is 15.2 Å². The third-order valence-electron chi connectivity index (χ3n) is 5.77. The van der Waals surface area contributed by atoms with E-state index in [-0.39, 0.29) is 5.91 Å². The van der Waals surface area contributed by atoms with Gasteiger partial charge in [0.15, 0.2) is 5.69 Å². The number of rotatable bonds is 4. The van der Waals surface area contributed by atoms with Crippen molar-refractivity contribution in [1.82, 2.24) is 29.9 Å². The van der Waals surface area contributed by atoms with Crippen LogP contribution < -0.4 is 10.6 Å². The van der Waals surface area contributed by atoms with Gasteiger partial charge in [0.2, 0.25) is 0 Å². The average molecular weight is 391 g/mol. The van der Waals surface area contributed by atoms with Crippen LogP contribution in [0.4, 0.5) is 5.69 Å². The van der Waals surface area contributed by atoms with E-state index in [0.29, 0.717) is 11.7 Å². The molecule has 0 radical (unpaired) electrons. The first-order valence-corrected chi connectivity index (χ1v) is 10.4. The zero-order valence-electron chi connectivity index (χ0n) is 16.3. The van der Waals surface area contributed by atoms with Crippen LogP contribution >= 0.6 is 0 Å². The number of carbonyl (C=O) groups is 1. The Balaban J connectivity index is 1.25. The maximum Gasteiger partial charge on any atom is 0.277 e. The van der Waals surface area contributed by atoms with Crippen LogP contribution in [-0.4, -0.2) is 43.5 Å². The van der Waals surface area contributed by atoms with E-state index >= 15 is 0 Å². The van der Waals surface area contributed by atoms with Gasteiger partial charge in [0.05, 0.1) is 17.9 Å². The molecule has 1 fully saturated rings. The zero-order valence-corrected chi connectivity index (χ0v) is 16.3. The third kappa shape index (κ3) is 3.80. The molecule has 1 amide bonds. The fraction of sp³-hybridized carbons (Fsp3) is 0.429. The summed E-state index contributed by atoms with van der Waals surface area (Å²) in [7, 11) is 0. The molecular weight excluding hydrogens is 366 g/mol. The highest BCUT2D eigenvalue weighted by Gasteiger charge is 2.19. The first-order valence-electron chi connectivity index (χ1n) is 10.4. The van der Waals surface area contributed by atoms with E-state index in [2.05, 4.69) is 31.7 Å². The summed E-state index contributed by atoms with van der Waals surface area (Å²) in [4.78, 5) is 17.3. The van der Waals surface area contributed by atoms with Crippen molar-refractivity contribution in [3.8, 4) is 11.3 Å². The van der Waals surface area contributed by atoms with Gasteiger partial charge in [-0.1, -0.05) is 17.3 Å². The number of benzene rings is 1. The maximum atomic E-state index is 12.5. The zero-order chi connectivity index (χ0) is 19.6. The van der Waals surface area contributed by atoms with Gasteiger partial charge in [-0.25, -0.2) is 9.67 Å². The normalized spacial score (nSPS) is 17.1. The minimum absolute atomic E-state index is 0.240. The van der Waals surface area contributed by atoms with Crippen LogP contribution in [-0.2, 0) is 13.0 Å². The maximum absolute atomic E-state index is 12.5. The number of hydrogen-bond acceptors (Lipinski definition) is 5. The molecule has 4 heterocycles. The van der Waals surface area contributed by atoms with E-state index in [4.69, 9.17) is 4.98 Å². The number of aromatic nitrogens is 5. The minimum atomic E-state index is -0.240. The van der Waals surface area contributed by atoms with E-state index < -0.39 is 0 Å². The summed E-state index contributed by atoms with van der Waals surface area (Å²) in [5.41, 5.74) is 3.12. The summed E-state index contributed by atoms with van der Waals surface area (Å²) in [6.45, 7) is 2.99. The van der Waals surface area contributed by atoms with Crippen molar-refractivity contribution in [2.24, 2.45) is 0 Å². The Morgan fingerprint density at radius 2 is 1.93 bits per heavy atom. The highest BCUT2D eigenvalue weighted by atomic mass is 16.2. The van der Waals surface area contributed by atoms with Crippen molar-refractivity contribution in [3.63, 3.8) is 0 Å². The Kier molecular flexibility index (Phi) is 4.85. The third-order valence-corrected chi connectivity index (χ3v) is 5.77. The van der Waals surface area contributed by atoms with Gasteiger partial charge in [0.25, 0.3) is 5.91 Å². The summed E-state index contributed by atoms with van der Waals surface area (Å²) >= 11 is 0. The number of anilines is 1. The molecule has 8 nitrogen and oxygen atoms in total. The van der Waals surface area contributed by atoms with Crippen molar-refractivity contribution >= 4 is 11.6 Å². The lowest BCUT2D eigenvalue weighted by Crippen LogP contribution is -2.29. The molecule has 3 aromatic rings. The second-order valence-corrected chi connectivity index (χ2v) is 7.79. The number of hydrogen-bond donors (Lipinski definition) is 2. The van der Waals surface area contributed by atoms with Crippen LogP contribution in [0.25, 0.3) is 11.3 Å². The van der Waals surface area contributed by atoms with Crippen molar-refractivity contribution in [3.05, 3.63) is 48.2 Å². The lowest BCUT2D eigenvalue weighted by Gasteiger charge is -2.22. The Bertz CT molecular complexity index is 975. The van der Waals surface area contributed by atoms with E-state index in [1.54, 1.807) is 6.20 Å². The molecule has 0 unspecified atom stereocenters. The van der Waals surface area contributed by atoms with E-state index in [9.17, 15) is 4.79 Å². The topological polar surface area (TPSA) is 89.7 Å². The van der Waals surface area contributed by atoms with Crippen LogP contribution in [0.5, 0.6) is 0 Å². The first-order chi connectivity index (χ1) is 14.3. The van der Waals surface area contributed by atoms with E-state index in [0.717, 1.165) is 55.8 Å². The largest absolute Gasteiger partial charge is 0.334 e. The fourth-order valence-electron chi connectivity index (χ4n) is 4.10. The molecule has 1 saturated heterocycles. The molecule has 5 rings (SSSR count). The summed E-state index contributed by atoms with van der Waals surface area (Å²) in [6.07, 6.45) is 9.36. The van der Waals surface area contributed by atoms with Crippen molar-refractivity contribution < 1.29 is 4.79 Å². The molecule has 2 N–H and O–H groups in total. The smallest absolute Gasteiger partial charge is 0.277 e. The lowest BCUT2D eigenvalue weighted by atomic mass is 10.1. The SMILES string of the molecule is O=C(Nc1ccc(-c2cn3c(n2)CCCC3)cc1)c1cn(C2CCNCC2)nn1. The number of nitrogens with zero attached hydrogens (tertiary/aromatic N) is 5. The molecule has 0 spiro atoms. The molecule has 2 aliphatic heterocycles. The lowest BCUT2D eigenvalue weighted by molar-refractivity contribution is 0.102. The molecule has 0 aliphatic carbocycles. The monoisotopic (exact) mass is 391 g/mol. The van der Waals surface area contributed by atoms with Gasteiger partial charge in [-0.15, -0.1) is 5.10 Å². The van der Waals surface area contributed by atoms with Gasteiger partial charge in [-0.2, -0.15) is 0 Å². The standard InChI is InChI=1S/C21H25N7O/c29-21(19-14-28(26-25-19)17-8-10-22-11-9-17)23-16-6-4-15(5-7-16)18-13-27-12-2-1-3-20(27)24-18/h4-7,13-14,17,22H,1-3,8-12H2,(H,23,29). The number of fused-ring (bicyclic) bond motifs is 1. The quantitative estimate of drug-likeness (QED) is 0.714. The second-order valence-electron chi connectivity index (χ2n) is 7.79. The number of nitrogens with one attached hydrogen (secondary N) is 2. The number of aryl methyl sites for hydroxylation is 2. The van der Waals surface area contributed by atoms with Crippen molar-refractivity contribution in [1.29, 1.82) is 0 Å². The summed E-state index contributed by atoms with van der Waals surface area (Å²) in [5.74, 6) is 0.927. The van der Waals surface area contributed by atoms with E-state index in [1.807, 2.05) is 28.9 Å². The van der Waals surface area contributed by atoms with Crippen LogP contribution in [0.1, 0.15) is 48.0 Å². The second kappa shape index (κ2) is 7.79. The molecule has 0 atom stereocenters. The van der Waals surface area contributed by atoms with Crippen LogP contribution in [0.15, 0.2) is 36.7 Å². The molecule has 2 aromatic heterocycles. The molecule has 29 heavy (non-hydrogen) atoms. The molecular formula is C21H25N7O. The Morgan fingerprint density at radius 3 is 2.72 bits per heavy atom. The number of carbonyl (C=O) groups excluding carboxylic acids is 1. The number of amides is 1. The Labute approximate surface area is 169 Å². The Hall–Kier alpha value is -3.00. The number of piperidine rings is 1. The highest BCUT2D eigenvalue weighted by molar-refractivity contribution is 6.02. The summed E-state index contributed by atoms with van der Waals surface area (Å²) < 4.78 is 4.07. The van der Waals surface area contributed by atoms with E-state index in [1.165, 1.54) is 18.7 Å². The minimum Gasteiger partial charge on any atom is -0.334 e. The fourth-order valence-corrected chi connectivity index (χ4v) is 4.10. The molecule has 150 valence electrons. The number of imidazole rings is 1. The molecule has 2 aliphatic rings. The van der Waals surface area contributed by atoms with Crippen LogP contribution in [0.2, 0.25) is 0 Å². The molecule has 1 aromatic carbocycles. The molecule has 0 bridgehead atoms. The molecule has 0 saturated carbocycles. The van der Waals surface area contributed by atoms with Crippen LogP contribution in [0.3, 0.4) is 0 Å². The Morgan fingerprint density at radius 1 is 1.10 bits per heavy atom. The van der Waals surface area contributed by atoms with Crippen LogP contribution in [0, 0.1) is 0 Å². The predicted octanol–water partition coefficient (Wildman–Crippen LogP) is 2.65. The van der Waals surface area contributed by atoms with Crippen molar-refractivity contribution in [2.75, 3.05) is 18.4 Å². The molecule has 8 heteroatoms. The van der Waals surface area contributed by atoms with Gasteiger partial charge >= 0.3 is 0 Å². The van der Waals surface area contributed by atoms with Crippen molar-refractivity contribution in [2.45, 2.75) is 44.7 Å². The van der Waals surface area contributed by atoms with Gasteiger partial charge in [0, 0.05) is 30.4 Å². The summed E-state index contributed by atoms with van der Waals surface area (Å²) in [6, 6.07) is 8.11. The first kappa shape index (κ1) is 18.1. The van der Waals surface area contributed by atoms with Gasteiger partial charge in [0.1, 0.15) is 5.82 Å².